The Balaban J connectivity index is 2.12. The molecule has 1 aliphatic rings. The number of hydrogen-bond donors (Lipinski definition) is 3. The van der Waals surface area contributed by atoms with Gasteiger partial charge in [-0.3, -0.25) is 4.79 Å². The summed E-state index contributed by atoms with van der Waals surface area (Å²) < 4.78 is 11.2. The number of methoxy groups -OCH3 is 1. The molecular formula is C15H22N2O4. The van der Waals surface area contributed by atoms with Gasteiger partial charge >= 0.3 is 0 Å². The first-order chi connectivity index (χ1) is 9.98. The SMILES string of the molecule is COc1cc(CO)ccc1OC1CCCC(N)(C(N)=O)C1. The van der Waals surface area contributed by atoms with Crippen LogP contribution in [0.1, 0.15) is 31.2 Å². The Morgan fingerprint density at radius 1 is 1.48 bits per heavy atom. The molecule has 2 atom stereocenters. The predicted octanol–water partition coefficient (Wildman–Crippen LogP) is 0.692. The van der Waals surface area contributed by atoms with Crippen molar-refractivity contribution >= 4 is 5.91 Å². The number of nitrogens with two attached hydrogens (primary N) is 2. The highest BCUT2D eigenvalue weighted by molar-refractivity contribution is 5.84. The minimum absolute atomic E-state index is 0.0619. The van der Waals surface area contributed by atoms with Gasteiger partial charge in [-0.25, -0.2) is 0 Å². The second kappa shape index (κ2) is 6.32. The van der Waals surface area contributed by atoms with Gasteiger partial charge in [-0.1, -0.05) is 6.07 Å². The molecule has 0 saturated heterocycles. The number of primary amides is 1. The molecule has 1 aromatic carbocycles. The molecule has 1 saturated carbocycles. The summed E-state index contributed by atoms with van der Waals surface area (Å²) in [6, 6.07) is 5.24. The Bertz CT molecular complexity index is 520. The van der Waals surface area contributed by atoms with Crippen LogP contribution in [0.2, 0.25) is 0 Å². The zero-order valence-electron chi connectivity index (χ0n) is 12.2. The molecule has 21 heavy (non-hydrogen) atoms. The van der Waals surface area contributed by atoms with E-state index >= 15 is 0 Å². The third-order valence-electron chi connectivity index (χ3n) is 3.94. The lowest BCUT2D eigenvalue weighted by Gasteiger charge is -2.35. The van der Waals surface area contributed by atoms with E-state index in [2.05, 4.69) is 0 Å². The van der Waals surface area contributed by atoms with E-state index in [1.807, 2.05) is 0 Å². The minimum atomic E-state index is -0.999. The van der Waals surface area contributed by atoms with Gasteiger partial charge in [0.25, 0.3) is 0 Å². The second-order valence-electron chi connectivity index (χ2n) is 5.50. The van der Waals surface area contributed by atoms with Crippen LogP contribution < -0.4 is 20.9 Å². The van der Waals surface area contributed by atoms with Gasteiger partial charge in [-0.2, -0.15) is 0 Å². The zero-order valence-corrected chi connectivity index (χ0v) is 12.2. The first kappa shape index (κ1) is 15.6. The van der Waals surface area contributed by atoms with Crippen molar-refractivity contribution in [3.63, 3.8) is 0 Å². The highest BCUT2D eigenvalue weighted by Gasteiger charge is 2.38. The summed E-state index contributed by atoms with van der Waals surface area (Å²) in [6.07, 6.45) is 2.42. The average molecular weight is 294 g/mol. The van der Waals surface area contributed by atoms with Crippen molar-refractivity contribution in [3.05, 3.63) is 23.8 Å². The summed E-state index contributed by atoms with van der Waals surface area (Å²) in [5, 5.41) is 9.14. The van der Waals surface area contributed by atoms with Crippen LogP contribution in [-0.2, 0) is 11.4 Å². The smallest absolute Gasteiger partial charge is 0.237 e. The molecule has 2 rings (SSSR count). The van der Waals surface area contributed by atoms with Crippen molar-refractivity contribution in [2.24, 2.45) is 11.5 Å². The van der Waals surface area contributed by atoms with Crippen molar-refractivity contribution < 1.29 is 19.4 Å². The number of carbonyl (C=O) groups is 1. The standard InChI is InChI=1S/C15H22N2O4/c1-20-13-7-10(9-18)4-5-12(13)21-11-3-2-6-15(17,8-11)14(16)19/h4-5,7,11,18H,2-3,6,8-9,17H2,1H3,(H2,16,19). The summed E-state index contributed by atoms with van der Waals surface area (Å²) in [4.78, 5) is 11.5. The number of rotatable bonds is 5. The van der Waals surface area contributed by atoms with Crippen LogP contribution in [-0.4, -0.2) is 29.8 Å². The van der Waals surface area contributed by atoms with Gasteiger partial charge in [0.15, 0.2) is 11.5 Å². The Morgan fingerprint density at radius 3 is 2.86 bits per heavy atom. The normalized spacial score (nSPS) is 25.4. The van der Waals surface area contributed by atoms with Crippen LogP contribution in [0.3, 0.4) is 0 Å². The minimum Gasteiger partial charge on any atom is -0.493 e. The summed E-state index contributed by atoms with van der Waals surface area (Å²) in [7, 11) is 1.54. The molecule has 0 spiro atoms. The molecular weight excluding hydrogens is 272 g/mol. The van der Waals surface area contributed by atoms with E-state index in [-0.39, 0.29) is 12.7 Å². The van der Waals surface area contributed by atoms with Crippen LogP contribution in [0.15, 0.2) is 18.2 Å². The molecule has 0 aliphatic heterocycles. The topological polar surface area (TPSA) is 108 Å². The van der Waals surface area contributed by atoms with Crippen molar-refractivity contribution in [2.75, 3.05) is 7.11 Å². The van der Waals surface area contributed by atoms with E-state index in [0.717, 1.165) is 18.4 Å². The maximum atomic E-state index is 11.5. The number of aliphatic hydroxyl groups is 1. The van der Waals surface area contributed by atoms with Crippen LogP contribution >= 0.6 is 0 Å². The molecule has 1 aromatic rings. The largest absolute Gasteiger partial charge is 0.493 e. The first-order valence-electron chi connectivity index (χ1n) is 7.02. The van der Waals surface area contributed by atoms with E-state index in [1.165, 1.54) is 0 Å². The lowest BCUT2D eigenvalue weighted by Crippen LogP contribution is -2.56. The molecule has 1 amide bonds. The van der Waals surface area contributed by atoms with Crippen molar-refractivity contribution in [3.8, 4) is 11.5 Å². The second-order valence-corrected chi connectivity index (χ2v) is 5.50. The van der Waals surface area contributed by atoms with Gasteiger partial charge in [0.1, 0.15) is 6.10 Å². The molecule has 6 heteroatoms. The van der Waals surface area contributed by atoms with Crippen LogP contribution in [0.5, 0.6) is 11.5 Å². The van der Waals surface area contributed by atoms with Crippen LogP contribution in [0.4, 0.5) is 0 Å². The Kier molecular flexibility index (Phi) is 4.69. The van der Waals surface area contributed by atoms with E-state index < -0.39 is 11.4 Å². The van der Waals surface area contributed by atoms with E-state index in [9.17, 15) is 4.79 Å². The number of aliphatic hydroxyl groups excluding tert-OH is 1. The summed E-state index contributed by atoms with van der Waals surface area (Å²) in [5.74, 6) is 0.639. The first-order valence-corrected chi connectivity index (χ1v) is 7.02. The molecule has 2 unspecified atom stereocenters. The van der Waals surface area contributed by atoms with Gasteiger partial charge in [-0.15, -0.1) is 0 Å². The lowest BCUT2D eigenvalue weighted by atomic mass is 9.80. The average Bonchev–Trinajstić information content (AvgIpc) is 2.47. The fraction of sp³-hybridized carbons (Fsp3) is 0.533. The number of amides is 1. The fourth-order valence-corrected chi connectivity index (χ4v) is 2.67. The number of benzene rings is 1. The molecule has 0 radical (unpaired) electrons. The van der Waals surface area contributed by atoms with Crippen molar-refractivity contribution in [2.45, 2.75) is 43.9 Å². The lowest BCUT2D eigenvalue weighted by molar-refractivity contribution is -0.125. The number of carbonyl (C=O) groups excluding carboxylic acids is 1. The molecule has 0 bridgehead atoms. The maximum absolute atomic E-state index is 11.5. The third kappa shape index (κ3) is 3.46. The molecule has 1 fully saturated rings. The Labute approximate surface area is 124 Å². The Morgan fingerprint density at radius 2 is 2.24 bits per heavy atom. The van der Waals surface area contributed by atoms with E-state index in [1.54, 1.807) is 25.3 Å². The summed E-state index contributed by atoms with van der Waals surface area (Å²) >= 11 is 0. The predicted molar refractivity (Wildman–Crippen MR) is 77.9 cm³/mol. The van der Waals surface area contributed by atoms with Crippen LogP contribution in [0.25, 0.3) is 0 Å². The number of hydrogen-bond acceptors (Lipinski definition) is 5. The molecule has 116 valence electrons. The molecule has 1 aliphatic carbocycles. The van der Waals surface area contributed by atoms with Gasteiger partial charge in [-0.05, 0) is 37.0 Å². The monoisotopic (exact) mass is 294 g/mol. The quantitative estimate of drug-likeness (QED) is 0.740. The van der Waals surface area contributed by atoms with Crippen LogP contribution in [0, 0.1) is 0 Å². The van der Waals surface area contributed by atoms with Gasteiger partial charge in [0.05, 0.1) is 19.3 Å². The van der Waals surface area contributed by atoms with Gasteiger partial charge in [0.2, 0.25) is 5.91 Å². The van der Waals surface area contributed by atoms with Gasteiger partial charge in [0, 0.05) is 6.42 Å². The zero-order chi connectivity index (χ0) is 15.5. The van der Waals surface area contributed by atoms with Crippen molar-refractivity contribution in [1.82, 2.24) is 0 Å². The molecule has 0 heterocycles. The molecule has 0 aromatic heterocycles. The Hall–Kier alpha value is -1.79. The van der Waals surface area contributed by atoms with Gasteiger partial charge < -0.3 is 26.0 Å². The third-order valence-corrected chi connectivity index (χ3v) is 3.94. The highest BCUT2D eigenvalue weighted by Crippen LogP contribution is 2.34. The molecule has 5 N–H and O–H groups in total. The summed E-state index contributed by atoms with van der Waals surface area (Å²) in [5.41, 5.74) is 11.2. The highest BCUT2D eigenvalue weighted by atomic mass is 16.5. The van der Waals surface area contributed by atoms with Crippen molar-refractivity contribution in [1.29, 1.82) is 0 Å². The number of ether oxygens (including phenoxy) is 2. The summed E-state index contributed by atoms with van der Waals surface area (Å²) in [6.45, 7) is -0.0619. The maximum Gasteiger partial charge on any atom is 0.237 e. The fourth-order valence-electron chi connectivity index (χ4n) is 2.67. The van der Waals surface area contributed by atoms with E-state index in [4.69, 9.17) is 26.0 Å². The van der Waals surface area contributed by atoms with E-state index in [0.29, 0.717) is 24.3 Å². The molecule has 6 nitrogen and oxygen atoms in total.